The van der Waals surface area contributed by atoms with Gasteiger partial charge in [-0.05, 0) is 47.0 Å². The highest BCUT2D eigenvalue weighted by Crippen LogP contribution is 2.21. The van der Waals surface area contributed by atoms with Crippen molar-refractivity contribution >= 4 is 0 Å². The summed E-state index contributed by atoms with van der Waals surface area (Å²) in [6.45, 7) is 8.91. The number of hydrogen-bond acceptors (Lipinski definition) is 4. The molecule has 0 aromatic carbocycles. The molecular weight excluding hydrogens is 228 g/mol. The number of nitrogens with zero attached hydrogens (tertiary/aromatic N) is 1. The van der Waals surface area contributed by atoms with Gasteiger partial charge in [-0.25, -0.2) is 0 Å². The highest BCUT2D eigenvalue weighted by molar-refractivity contribution is 4.90. The van der Waals surface area contributed by atoms with Crippen molar-refractivity contribution < 1.29 is 9.47 Å². The van der Waals surface area contributed by atoms with Crippen molar-refractivity contribution in [3.05, 3.63) is 0 Å². The lowest BCUT2D eigenvalue weighted by Gasteiger charge is -2.32. The van der Waals surface area contributed by atoms with Crippen LogP contribution in [0.5, 0.6) is 0 Å². The molecule has 104 valence electrons. The van der Waals surface area contributed by atoms with Gasteiger partial charge in [0.1, 0.15) is 0 Å². The molecule has 0 aromatic heterocycles. The molecule has 0 amide bonds. The van der Waals surface area contributed by atoms with Crippen molar-refractivity contribution in [2.75, 3.05) is 6.61 Å². The molecular formula is C14H26N2O2. The van der Waals surface area contributed by atoms with Gasteiger partial charge in [0.15, 0.2) is 0 Å². The standard InChI is InChI=1S/C14H26N2O2/c1-10(2)16-13(9-15)5-6-17-14-7-11(3)18-12(4)8-14/h10-14,16H,5-8H2,1-4H3. The number of nitrogens with one attached hydrogen (secondary N) is 1. The lowest BCUT2D eigenvalue weighted by molar-refractivity contribution is -0.102. The van der Waals surface area contributed by atoms with Gasteiger partial charge in [0.2, 0.25) is 0 Å². The summed E-state index contributed by atoms with van der Waals surface area (Å²) in [7, 11) is 0. The minimum Gasteiger partial charge on any atom is -0.378 e. The summed E-state index contributed by atoms with van der Waals surface area (Å²) in [5, 5.41) is 12.2. The normalized spacial score (nSPS) is 30.1. The van der Waals surface area contributed by atoms with E-state index in [1.165, 1.54) is 0 Å². The van der Waals surface area contributed by atoms with Gasteiger partial charge < -0.3 is 9.47 Å². The third-order valence-electron chi connectivity index (χ3n) is 3.10. The number of nitriles is 1. The average molecular weight is 254 g/mol. The Hall–Kier alpha value is -0.630. The first-order valence-corrected chi connectivity index (χ1v) is 6.94. The summed E-state index contributed by atoms with van der Waals surface area (Å²) in [4.78, 5) is 0. The molecule has 4 nitrogen and oxygen atoms in total. The predicted molar refractivity (Wildman–Crippen MR) is 71.3 cm³/mol. The molecule has 3 atom stereocenters. The van der Waals surface area contributed by atoms with E-state index in [1.54, 1.807) is 0 Å². The van der Waals surface area contributed by atoms with Gasteiger partial charge in [-0.2, -0.15) is 5.26 Å². The van der Waals surface area contributed by atoms with Crippen molar-refractivity contribution in [3.63, 3.8) is 0 Å². The second-order valence-electron chi connectivity index (χ2n) is 5.51. The van der Waals surface area contributed by atoms with E-state index in [9.17, 15) is 0 Å². The topological polar surface area (TPSA) is 54.3 Å². The number of rotatable bonds is 6. The third-order valence-corrected chi connectivity index (χ3v) is 3.10. The van der Waals surface area contributed by atoms with Gasteiger partial charge in [0.05, 0.1) is 30.4 Å². The van der Waals surface area contributed by atoms with Gasteiger partial charge in [-0.3, -0.25) is 5.32 Å². The minimum atomic E-state index is -0.111. The Morgan fingerprint density at radius 3 is 2.44 bits per heavy atom. The monoisotopic (exact) mass is 254 g/mol. The van der Waals surface area contributed by atoms with E-state index < -0.39 is 0 Å². The van der Waals surface area contributed by atoms with Crippen LogP contribution in [0.15, 0.2) is 0 Å². The second kappa shape index (κ2) is 7.73. The van der Waals surface area contributed by atoms with E-state index in [4.69, 9.17) is 14.7 Å². The summed E-state index contributed by atoms with van der Waals surface area (Å²) in [6, 6.07) is 2.49. The first-order valence-electron chi connectivity index (χ1n) is 6.94. The zero-order valence-corrected chi connectivity index (χ0v) is 12.0. The summed E-state index contributed by atoms with van der Waals surface area (Å²) < 4.78 is 11.5. The Balaban J connectivity index is 2.22. The van der Waals surface area contributed by atoms with Gasteiger partial charge in [0.25, 0.3) is 0 Å². The highest BCUT2D eigenvalue weighted by Gasteiger charge is 2.25. The maximum Gasteiger partial charge on any atom is 0.0976 e. The molecule has 1 rings (SSSR count). The van der Waals surface area contributed by atoms with E-state index in [0.717, 1.165) is 19.3 Å². The summed E-state index contributed by atoms with van der Waals surface area (Å²) in [6.07, 6.45) is 3.49. The van der Waals surface area contributed by atoms with E-state index >= 15 is 0 Å². The van der Waals surface area contributed by atoms with Crippen LogP contribution in [-0.2, 0) is 9.47 Å². The molecule has 1 aliphatic rings. The fourth-order valence-corrected chi connectivity index (χ4v) is 2.42. The van der Waals surface area contributed by atoms with Gasteiger partial charge >= 0.3 is 0 Å². The summed E-state index contributed by atoms with van der Waals surface area (Å²) in [5.41, 5.74) is 0. The Bertz CT molecular complexity index is 265. The fraction of sp³-hybridized carbons (Fsp3) is 0.929. The SMILES string of the molecule is CC(C)NC(C#N)CCOC1CC(C)OC(C)C1. The van der Waals surface area contributed by atoms with Crippen LogP contribution >= 0.6 is 0 Å². The molecule has 1 N–H and O–H groups in total. The van der Waals surface area contributed by atoms with Crippen molar-refractivity contribution in [1.29, 1.82) is 5.26 Å². The van der Waals surface area contributed by atoms with Crippen LogP contribution in [0.4, 0.5) is 0 Å². The molecule has 0 radical (unpaired) electrons. The Labute approximate surface area is 111 Å². The summed E-state index contributed by atoms with van der Waals surface area (Å²) in [5.74, 6) is 0. The number of hydrogen-bond donors (Lipinski definition) is 1. The molecule has 4 heteroatoms. The van der Waals surface area contributed by atoms with Crippen LogP contribution in [0, 0.1) is 11.3 Å². The molecule has 0 spiro atoms. The zero-order chi connectivity index (χ0) is 13.5. The van der Waals surface area contributed by atoms with E-state index in [2.05, 4.69) is 25.2 Å². The van der Waals surface area contributed by atoms with Crippen molar-refractivity contribution in [2.45, 2.75) is 77.4 Å². The van der Waals surface area contributed by atoms with Crippen molar-refractivity contribution in [1.82, 2.24) is 5.32 Å². The second-order valence-corrected chi connectivity index (χ2v) is 5.51. The molecule has 1 fully saturated rings. The lowest BCUT2D eigenvalue weighted by Crippen LogP contribution is -2.37. The number of ether oxygens (including phenoxy) is 2. The fourth-order valence-electron chi connectivity index (χ4n) is 2.42. The molecule has 0 aliphatic carbocycles. The van der Waals surface area contributed by atoms with Crippen LogP contribution in [0.2, 0.25) is 0 Å². The predicted octanol–water partition coefficient (Wildman–Crippen LogP) is 2.24. The smallest absolute Gasteiger partial charge is 0.0976 e. The van der Waals surface area contributed by atoms with Crippen LogP contribution in [-0.4, -0.2) is 37.0 Å². The molecule has 1 heterocycles. The molecule has 0 saturated carbocycles. The van der Waals surface area contributed by atoms with E-state index in [-0.39, 0.29) is 24.4 Å². The molecule has 1 aliphatic heterocycles. The molecule has 0 bridgehead atoms. The van der Waals surface area contributed by atoms with Crippen molar-refractivity contribution in [3.8, 4) is 6.07 Å². The Morgan fingerprint density at radius 2 is 1.94 bits per heavy atom. The summed E-state index contributed by atoms with van der Waals surface area (Å²) >= 11 is 0. The Morgan fingerprint density at radius 1 is 1.33 bits per heavy atom. The average Bonchev–Trinajstić information content (AvgIpc) is 2.25. The highest BCUT2D eigenvalue weighted by atomic mass is 16.5. The maximum atomic E-state index is 9.01. The third kappa shape index (κ3) is 5.81. The molecule has 3 unspecified atom stereocenters. The Kier molecular flexibility index (Phi) is 6.62. The lowest BCUT2D eigenvalue weighted by atomic mass is 10.0. The maximum absolute atomic E-state index is 9.01. The van der Waals surface area contributed by atoms with Crippen LogP contribution in [0.3, 0.4) is 0 Å². The zero-order valence-electron chi connectivity index (χ0n) is 12.0. The van der Waals surface area contributed by atoms with Crippen LogP contribution in [0.25, 0.3) is 0 Å². The van der Waals surface area contributed by atoms with Crippen LogP contribution < -0.4 is 5.32 Å². The first-order chi connectivity index (χ1) is 8.51. The molecule has 0 aromatic rings. The van der Waals surface area contributed by atoms with E-state index in [1.807, 2.05) is 13.8 Å². The molecule has 1 saturated heterocycles. The van der Waals surface area contributed by atoms with Gasteiger partial charge in [-0.1, -0.05) is 0 Å². The quantitative estimate of drug-likeness (QED) is 0.790. The first kappa shape index (κ1) is 15.4. The van der Waals surface area contributed by atoms with E-state index in [0.29, 0.717) is 12.6 Å². The van der Waals surface area contributed by atoms with Crippen molar-refractivity contribution in [2.24, 2.45) is 0 Å². The van der Waals surface area contributed by atoms with Crippen LogP contribution in [0.1, 0.15) is 47.0 Å². The largest absolute Gasteiger partial charge is 0.378 e. The van der Waals surface area contributed by atoms with Gasteiger partial charge in [-0.15, -0.1) is 0 Å². The molecule has 18 heavy (non-hydrogen) atoms. The minimum absolute atomic E-state index is 0.111. The van der Waals surface area contributed by atoms with Gasteiger partial charge in [0, 0.05) is 12.6 Å².